The molecular formula is C20H22O4. The van der Waals surface area contributed by atoms with E-state index in [0.29, 0.717) is 0 Å². The van der Waals surface area contributed by atoms with Crippen LogP contribution in [0.4, 0.5) is 0 Å². The summed E-state index contributed by atoms with van der Waals surface area (Å²) in [5.41, 5.74) is 1.27. The highest BCUT2D eigenvalue weighted by Crippen LogP contribution is 2.32. The van der Waals surface area contributed by atoms with Crippen molar-refractivity contribution in [1.29, 1.82) is 0 Å². The van der Waals surface area contributed by atoms with Crippen molar-refractivity contribution in [3.63, 3.8) is 0 Å². The minimum absolute atomic E-state index is 0.732. The average molecular weight is 326 g/mol. The molecule has 2 rings (SSSR count). The second-order valence-electron chi connectivity index (χ2n) is 5.41. The van der Waals surface area contributed by atoms with Crippen molar-refractivity contribution in [2.45, 2.75) is 19.3 Å². The number of benzene rings is 2. The molecule has 2 aromatic carbocycles. The minimum atomic E-state index is -0.928. The first-order chi connectivity index (χ1) is 11.6. The van der Waals surface area contributed by atoms with Gasteiger partial charge in [0.15, 0.2) is 11.5 Å². The Balaban J connectivity index is 1.99. The average Bonchev–Trinajstić information content (AvgIpc) is 2.59. The van der Waals surface area contributed by atoms with Gasteiger partial charge in [-0.25, -0.2) is 4.79 Å². The van der Waals surface area contributed by atoms with E-state index in [9.17, 15) is 4.79 Å². The predicted molar refractivity (Wildman–Crippen MR) is 95.9 cm³/mol. The van der Waals surface area contributed by atoms with Gasteiger partial charge in [-0.2, -0.15) is 0 Å². The third kappa shape index (κ3) is 4.88. The van der Waals surface area contributed by atoms with Crippen molar-refractivity contribution in [3.8, 4) is 11.5 Å². The lowest BCUT2D eigenvalue weighted by atomic mass is 10.0. The SMILES string of the molecule is COc1cc2ccc(CCC/C=C/C=CC(=O)O)cc2cc1OC. The molecule has 126 valence electrons. The van der Waals surface area contributed by atoms with E-state index in [2.05, 4.69) is 18.2 Å². The van der Waals surface area contributed by atoms with Gasteiger partial charge in [0.1, 0.15) is 0 Å². The van der Waals surface area contributed by atoms with Crippen LogP contribution in [-0.2, 0) is 11.2 Å². The molecule has 0 spiro atoms. The fourth-order valence-corrected chi connectivity index (χ4v) is 2.52. The van der Waals surface area contributed by atoms with Crippen LogP contribution in [0, 0.1) is 0 Å². The van der Waals surface area contributed by atoms with Crippen molar-refractivity contribution < 1.29 is 19.4 Å². The molecule has 2 aromatic rings. The zero-order chi connectivity index (χ0) is 17.4. The van der Waals surface area contributed by atoms with Gasteiger partial charge in [0, 0.05) is 6.08 Å². The van der Waals surface area contributed by atoms with E-state index >= 15 is 0 Å². The maximum atomic E-state index is 10.3. The molecule has 0 fully saturated rings. The summed E-state index contributed by atoms with van der Waals surface area (Å²) in [6.45, 7) is 0. The number of allylic oxidation sites excluding steroid dienone is 3. The van der Waals surface area contributed by atoms with E-state index in [4.69, 9.17) is 14.6 Å². The third-order valence-electron chi connectivity index (χ3n) is 3.73. The summed E-state index contributed by atoms with van der Waals surface area (Å²) < 4.78 is 10.7. The zero-order valence-corrected chi connectivity index (χ0v) is 14.0. The summed E-state index contributed by atoms with van der Waals surface area (Å²) in [4.78, 5) is 10.3. The molecule has 0 bridgehead atoms. The van der Waals surface area contributed by atoms with E-state index in [-0.39, 0.29) is 0 Å². The van der Waals surface area contributed by atoms with E-state index in [1.165, 1.54) is 11.6 Å². The molecule has 0 heterocycles. The van der Waals surface area contributed by atoms with Crippen LogP contribution in [-0.4, -0.2) is 25.3 Å². The number of carbonyl (C=O) groups is 1. The lowest BCUT2D eigenvalue weighted by Gasteiger charge is -2.10. The first kappa shape index (κ1) is 17.6. The molecule has 24 heavy (non-hydrogen) atoms. The number of aliphatic carboxylic acids is 1. The predicted octanol–water partition coefficient (Wildman–Crippen LogP) is 4.38. The molecule has 0 aliphatic heterocycles. The van der Waals surface area contributed by atoms with Gasteiger partial charge in [0.2, 0.25) is 0 Å². The fourth-order valence-electron chi connectivity index (χ4n) is 2.52. The van der Waals surface area contributed by atoms with Gasteiger partial charge in [0.25, 0.3) is 0 Å². The molecular weight excluding hydrogens is 304 g/mol. The number of aryl methyl sites for hydroxylation is 1. The Kier molecular flexibility index (Phi) is 6.43. The maximum absolute atomic E-state index is 10.3. The summed E-state index contributed by atoms with van der Waals surface area (Å²) in [7, 11) is 3.27. The molecule has 4 nitrogen and oxygen atoms in total. The summed E-state index contributed by atoms with van der Waals surface area (Å²) >= 11 is 0. The molecule has 1 N–H and O–H groups in total. The number of rotatable bonds is 8. The van der Waals surface area contributed by atoms with Crippen molar-refractivity contribution in [2.75, 3.05) is 14.2 Å². The lowest BCUT2D eigenvalue weighted by Crippen LogP contribution is -1.91. The van der Waals surface area contributed by atoms with Gasteiger partial charge in [-0.05, 0) is 47.7 Å². The molecule has 0 aliphatic rings. The molecule has 0 saturated carbocycles. The molecule has 0 aromatic heterocycles. The lowest BCUT2D eigenvalue weighted by molar-refractivity contribution is -0.131. The quantitative estimate of drug-likeness (QED) is 0.444. The molecule has 0 amide bonds. The van der Waals surface area contributed by atoms with Crippen LogP contribution in [0.2, 0.25) is 0 Å². The molecule has 4 heteroatoms. The Hall–Kier alpha value is -2.75. The Morgan fingerprint density at radius 3 is 2.42 bits per heavy atom. The fraction of sp³-hybridized carbons (Fsp3) is 0.250. The first-order valence-corrected chi connectivity index (χ1v) is 7.85. The van der Waals surface area contributed by atoms with Crippen LogP contribution in [0.5, 0.6) is 11.5 Å². The van der Waals surface area contributed by atoms with Gasteiger partial charge in [-0.15, -0.1) is 0 Å². The highest BCUT2D eigenvalue weighted by molar-refractivity contribution is 5.86. The van der Waals surface area contributed by atoms with E-state index in [1.807, 2.05) is 18.2 Å². The zero-order valence-electron chi connectivity index (χ0n) is 14.0. The highest BCUT2D eigenvalue weighted by Gasteiger charge is 2.06. The van der Waals surface area contributed by atoms with Gasteiger partial charge in [-0.3, -0.25) is 0 Å². The van der Waals surface area contributed by atoms with Gasteiger partial charge >= 0.3 is 5.97 Å². The monoisotopic (exact) mass is 326 g/mol. The minimum Gasteiger partial charge on any atom is -0.493 e. The van der Waals surface area contributed by atoms with Crippen molar-refractivity contribution in [3.05, 3.63) is 60.2 Å². The molecule has 0 atom stereocenters. The Labute approximate surface area is 142 Å². The van der Waals surface area contributed by atoms with Crippen molar-refractivity contribution >= 4 is 16.7 Å². The Morgan fingerprint density at radius 1 is 1.04 bits per heavy atom. The second-order valence-corrected chi connectivity index (χ2v) is 5.41. The van der Waals surface area contributed by atoms with Crippen molar-refractivity contribution in [2.24, 2.45) is 0 Å². The Morgan fingerprint density at radius 2 is 1.75 bits per heavy atom. The van der Waals surface area contributed by atoms with Crippen LogP contribution in [0.25, 0.3) is 10.8 Å². The number of methoxy groups -OCH3 is 2. The number of hydrogen-bond donors (Lipinski definition) is 1. The third-order valence-corrected chi connectivity index (χ3v) is 3.73. The molecule has 0 radical (unpaired) electrons. The molecule has 0 aliphatic carbocycles. The molecule has 0 saturated heterocycles. The normalized spacial score (nSPS) is 11.4. The second kappa shape index (κ2) is 8.77. The van der Waals surface area contributed by atoms with Crippen molar-refractivity contribution in [1.82, 2.24) is 0 Å². The number of carboxylic acid groups (broad SMARTS) is 1. The number of carboxylic acids is 1. The van der Waals surface area contributed by atoms with Crippen LogP contribution >= 0.6 is 0 Å². The van der Waals surface area contributed by atoms with E-state index in [1.54, 1.807) is 20.3 Å². The largest absolute Gasteiger partial charge is 0.493 e. The number of ether oxygens (including phenoxy) is 2. The topological polar surface area (TPSA) is 55.8 Å². The highest BCUT2D eigenvalue weighted by atomic mass is 16.5. The summed E-state index contributed by atoms with van der Waals surface area (Å²) in [5.74, 6) is 0.537. The van der Waals surface area contributed by atoms with Gasteiger partial charge in [0.05, 0.1) is 14.2 Å². The maximum Gasteiger partial charge on any atom is 0.328 e. The number of fused-ring (bicyclic) bond motifs is 1. The van der Waals surface area contributed by atoms with E-state index in [0.717, 1.165) is 47.6 Å². The molecule has 0 unspecified atom stereocenters. The summed E-state index contributed by atoms with van der Waals surface area (Å²) in [5, 5.41) is 10.7. The van der Waals surface area contributed by atoms with Crippen LogP contribution in [0.3, 0.4) is 0 Å². The number of unbranched alkanes of at least 4 members (excludes halogenated alkanes) is 1. The standard InChI is InChI=1S/C20H22O4/c1-23-18-13-16-11-10-15(12-17(16)14-19(18)24-2)8-6-4-3-5-7-9-20(21)22/h3,5,7,9-14H,4,6,8H2,1-2H3,(H,21,22)/b5-3+,9-7?. The number of hydrogen-bond acceptors (Lipinski definition) is 3. The van der Waals surface area contributed by atoms with Gasteiger partial charge < -0.3 is 14.6 Å². The smallest absolute Gasteiger partial charge is 0.328 e. The van der Waals surface area contributed by atoms with Crippen LogP contribution in [0.15, 0.2) is 54.6 Å². The van der Waals surface area contributed by atoms with Crippen LogP contribution in [0.1, 0.15) is 18.4 Å². The van der Waals surface area contributed by atoms with Gasteiger partial charge in [-0.1, -0.05) is 36.4 Å². The summed E-state index contributed by atoms with van der Waals surface area (Å²) in [6, 6.07) is 10.4. The summed E-state index contributed by atoms with van der Waals surface area (Å²) in [6.07, 6.45) is 9.31. The van der Waals surface area contributed by atoms with Crippen LogP contribution < -0.4 is 9.47 Å². The first-order valence-electron chi connectivity index (χ1n) is 7.85. The van der Waals surface area contributed by atoms with E-state index < -0.39 is 5.97 Å². The Bertz CT molecular complexity index is 760.